The highest BCUT2D eigenvalue weighted by Gasteiger charge is 2.29. The summed E-state index contributed by atoms with van der Waals surface area (Å²) in [4.78, 5) is 0. The first-order valence-electron chi connectivity index (χ1n) is 6.53. The summed E-state index contributed by atoms with van der Waals surface area (Å²) in [5.41, 5.74) is 2.78. The molecule has 0 bridgehead atoms. The van der Waals surface area contributed by atoms with E-state index in [1.807, 2.05) is 24.3 Å². The van der Waals surface area contributed by atoms with Crippen molar-refractivity contribution in [1.29, 1.82) is 0 Å². The van der Waals surface area contributed by atoms with Gasteiger partial charge in [-0.2, -0.15) is 0 Å². The second-order valence-electron chi connectivity index (χ2n) is 4.90. The van der Waals surface area contributed by atoms with E-state index in [0.29, 0.717) is 5.56 Å². The lowest BCUT2D eigenvalue weighted by Gasteiger charge is -2.20. The summed E-state index contributed by atoms with van der Waals surface area (Å²) in [5, 5.41) is 13.7. The SMILES string of the molecule is COc1ccc(C(O)C2NCc3ccccc32)cc1F. The highest BCUT2D eigenvalue weighted by molar-refractivity contribution is 5.38. The van der Waals surface area contributed by atoms with Gasteiger partial charge in [0.2, 0.25) is 0 Å². The van der Waals surface area contributed by atoms with Gasteiger partial charge in [-0.05, 0) is 28.8 Å². The fraction of sp³-hybridized carbons (Fsp3) is 0.250. The summed E-state index contributed by atoms with van der Waals surface area (Å²) in [6.07, 6.45) is -0.793. The number of halogens is 1. The Balaban J connectivity index is 1.90. The molecule has 0 saturated heterocycles. The number of hydrogen-bond donors (Lipinski definition) is 2. The van der Waals surface area contributed by atoms with E-state index in [4.69, 9.17) is 4.74 Å². The van der Waals surface area contributed by atoms with Crippen molar-refractivity contribution in [2.45, 2.75) is 18.7 Å². The highest BCUT2D eigenvalue weighted by atomic mass is 19.1. The van der Waals surface area contributed by atoms with Crippen LogP contribution in [-0.2, 0) is 6.54 Å². The molecule has 0 aromatic heterocycles. The Morgan fingerprint density at radius 1 is 1.30 bits per heavy atom. The monoisotopic (exact) mass is 273 g/mol. The van der Waals surface area contributed by atoms with E-state index in [1.165, 1.54) is 24.8 Å². The number of aliphatic hydroxyl groups is 1. The quantitative estimate of drug-likeness (QED) is 0.903. The van der Waals surface area contributed by atoms with Gasteiger partial charge in [0.05, 0.1) is 19.3 Å². The molecule has 1 heterocycles. The van der Waals surface area contributed by atoms with Crippen molar-refractivity contribution in [1.82, 2.24) is 5.32 Å². The second kappa shape index (κ2) is 5.23. The number of methoxy groups -OCH3 is 1. The second-order valence-corrected chi connectivity index (χ2v) is 4.90. The molecule has 1 aliphatic rings. The summed E-state index contributed by atoms with van der Waals surface area (Å²) in [6, 6.07) is 12.3. The standard InChI is InChI=1S/C16H16FNO2/c1-20-14-7-6-10(8-13(14)17)16(19)15-12-5-3-2-4-11(12)9-18-15/h2-8,15-16,18-19H,9H2,1H3. The summed E-state index contributed by atoms with van der Waals surface area (Å²) in [6.45, 7) is 0.719. The molecule has 0 radical (unpaired) electrons. The molecule has 0 amide bonds. The van der Waals surface area contributed by atoms with Crippen molar-refractivity contribution in [2.75, 3.05) is 7.11 Å². The Morgan fingerprint density at radius 3 is 2.85 bits per heavy atom. The van der Waals surface area contributed by atoms with Crippen molar-refractivity contribution < 1.29 is 14.2 Å². The zero-order chi connectivity index (χ0) is 14.1. The lowest BCUT2D eigenvalue weighted by atomic mass is 9.96. The van der Waals surface area contributed by atoms with Crippen LogP contribution in [0.2, 0.25) is 0 Å². The Hall–Kier alpha value is -1.91. The number of rotatable bonds is 3. The Labute approximate surface area is 117 Å². The lowest BCUT2D eigenvalue weighted by Crippen LogP contribution is -2.20. The number of benzene rings is 2. The number of nitrogens with one attached hydrogen (secondary N) is 1. The molecule has 2 atom stereocenters. The minimum atomic E-state index is -0.793. The van der Waals surface area contributed by atoms with Crippen molar-refractivity contribution in [3.63, 3.8) is 0 Å². The summed E-state index contributed by atoms with van der Waals surface area (Å²) < 4.78 is 18.6. The van der Waals surface area contributed by atoms with E-state index >= 15 is 0 Å². The van der Waals surface area contributed by atoms with Crippen LogP contribution in [0.5, 0.6) is 5.75 Å². The van der Waals surface area contributed by atoms with Crippen LogP contribution in [0.4, 0.5) is 4.39 Å². The maximum atomic E-state index is 13.7. The predicted octanol–water partition coefficient (Wildman–Crippen LogP) is 2.71. The van der Waals surface area contributed by atoms with Gasteiger partial charge >= 0.3 is 0 Å². The van der Waals surface area contributed by atoms with Crippen LogP contribution in [0.1, 0.15) is 28.8 Å². The third kappa shape index (κ3) is 2.17. The van der Waals surface area contributed by atoms with E-state index in [9.17, 15) is 9.50 Å². The van der Waals surface area contributed by atoms with Gasteiger partial charge in [-0.3, -0.25) is 0 Å². The van der Waals surface area contributed by atoms with E-state index in [1.54, 1.807) is 6.07 Å². The first kappa shape index (κ1) is 13.1. The fourth-order valence-electron chi connectivity index (χ4n) is 2.67. The van der Waals surface area contributed by atoms with E-state index < -0.39 is 11.9 Å². The van der Waals surface area contributed by atoms with Crippen LogP contribution < -0.4 is 10.1 Å². The van der Waals surface area contributed by atoms with Crippen LogP contribution in [0.3, 0.4) is 0 Å². The van der Waals surface area contributed by atoms with Crippen LogP contribution >= 0.6 is 0 Å². The zero-order valence-corrected chi connectivity index (χ0v) is 11.1. The van der Waals surface area contributed by atoms with Gasteiger partial charge in [-0.15, -0.1) is 0 Å². The van der Waals surface area contributed by atoms with Gasteiger partial charge in [-0.25, -0.2) is 4.39 Å². The first-order valence-corrected chi connectivity index (χ1v) is 6.53. The van der Waals surface area contributed by atoms with Crippen molar-refractivity contribution in [3.05, 3.63) is 65.0 Å². The average molecular weight is 273 g/mol. The molecule has 0 aliphatic carbocycles. The van der Waals surface area contributed by atoms with Crippen LogP contribution in [0.25, 0.3) is 0 Å². The minimum absolute atomic E-state index is 0.181. The normalized spacial score (nSPS) is 18.6. The Bertz CT molecular complexity index is 630. The molecule has 3 nitrogen and oxygen atoms in total. The zero-order valence-electron chi connectivity index (χ0n) is 11.1. The minimum Gasteiger partial charge on any atom is -0.494 e. The molecule has 104 valence electrons. The topological polar surface area (TPSA) is 41.5 Å². The first-order chi connectivity index (χ1) is 9.70. The third-order valence-electron chi connectivity index (χ3n) is 3.74. The number of hydrogen-bond acceptors (Lipinski definition) is 3. The number of ether oxygens (including phenoxy) is 1. The molecule has 2 N–H and O–H groups in total. The summed E-state index contributed by atoms with van der Waals surface area (Å²) in [5.74, 6) is -0.281. The Morgan fingerprint density at radius 2 is 2.10 bits per heavy atom. The van der Waals surface area contributed by atoms with Crippen LogP contribution in [0, 0.1) is 5.82 Å². The van der Waals surface area contributed by atoms with Gasteiger partial charge in [-0.1, -0.05) is 30.3 Å². The largest absolute Gasteiger partial charge is 0.494 e. The highest BCUT2D eigenvalue weighted by Crippen LogP contribution is 2.36. The van der Waals surface area contributed by atoms with Gasteiger partial charge in [0.25, 0.3) is 0 Å². The Kier molecular flexibility index (Phi) is 3.42. The molecular weight excluding hydrogens is 257 g/mol. The van der Waals surface area contributed by atoms with E-state index in [-0.39, 0.29) is 11.8 Å². The summed E-state index contributed by atoms with van der Waals surface area (Å²) in [7, 11) is 1.42. The van der Waals surface area contributed by atoms with Gasteiger partial charge in [0.1, 0.15) is 0 Å². The number of fused-ring (bicyclic) bond motifs is 1. The molecule has 0 fully saturated rings. The van der Waals surface area contributed by atoms with Crippen molar-refractivity contribution >= 4 is 0 Å². The van der Waals surface area contributed by atoms with Gasteiger partial charge < -0.3 is 15.2 Å². The molecule has 2 aromatic carbocycles. The molecule has 1 aliphatic heterocycles. The van der Waals surface area contributed by atoms with E-state index in [0.717, 1.165) is 12.1 Å². The smallest absolute Gasteiger partial charge is 0.165 e. The molecule has 20 heavy (non-hydrogen) atoms. The van der Waals surface area contributed by atoms with E-state index in [2.05, 4.69) is 5.32 Å². The molecule has 0 saturated carbocycles. The summed E-state index contributed by atoms with van der Waals surface area (Å²) >= 11 is 0. The third-order valence-corrected chi connectivity index (χ3v) is 3.74. The maximum Gasteiger partial charge on any atom is 0.165 e. The molecule has 2 aromatic rings. The predicted molar refractivity (Wildman–Crippen MR) is 73.9 cm³/mol. The molecule has 0 spiro atoms. The lowest BCUT2D eigenvalue weighted by molar-refractivity contribution is 0.133. The molecular formula is C16H16FNO2. The van der Waals surface area contributed by atoms with Crippen molar-refractivity contribution in [2.24, 2.45) is 0 Å². The molecule has 4 heteroatoms. The molecule has 3 rings (SSSR count). The van der Waals surface area contributed by atoms with Crippen LogP contribution in [-0.4, -0.2) is 12.2 Å². The number of aliphatic hydroxyl groups excluding tert-OH is 1. The average Bonchev–Trinajstić information content (AvgIpc) is 2.90. The van der Waals surface area contributed by atoms with Gasteiger partial charge in [0.15, 0.2) is 11.6 Å². The van der Waals surface area contributed by atoms with Gasteiger partial charge in [0, 0.05) is 6.54 Å². The molecule has 2 unspecified atom stereocenters. The van der Waals surface area contributed by atoms with Crippen LogP contribution in [0.15, 0.2) is 42.5 Å². The maximum absolute atomic E-state index is 13.7. The fourth-order valence-corrected chi connectivity index (χ4v) is 2.67. The van der Waals surface area contributed by atoms with Crippen molar-refractivity contribution in [3.8, 4) is 5.75 Å².